The first-order chi connectivity index (χ1) is 12.5. The number of hydrogen-bond acceptors (Lipinski definition) is 6. The van der Waals surface area contributed by atoms with Crippen LogP contribution in [0, 0.1) is 13.8 Å². The largest absolute Gasteiger partial charge is 0.497 e. The molecule has 0 fully saturated rings. The van der Waals surface area contributed by atoms with Gasteiger partial charge in [-0.2, -0.15) is 0 Å². The Morgan fingerprint density at radius 3 is 2.58 bits per heavy atom. The van der Waals surface area contributed by atoms with Gasteiger partial charge in [-0.05, 0) is 55.3 Å². The van der Waals surface area contributed by atoms with Gasteiger partial charge in [0.15, 0.2) is 11.7 Å². The summed E-state index contributed by atoms with van der Waals surface area (Å²) in [5.41, 5.74) is 3.42. The van der Waals surface area contributed by atoms with Gasteiger partial charge >= 0.3 is 5.97 Å². The third kappa shape index (κ3) is 4.00. The summed E-state index contributed by atoms with van der Waals surface area (Å²) in [4.78, 5) is 28.4. The van der Waals surface area contributed by atoms with Gasteiger partial charge in [0.05, 0.1) is 22.9 Å². The number of fused-ring (bicyclic) bond motifs is 1. The number of methoxy groups -OCH3 is 1. The van der Waals surface area contributed by atoms with Crippen molar-refractivity contribution >= 4 is 38.6 Å². The summed E-state index contributed by atoms with van der Waals surface area (Å²) in [6, 6.07) is 10.5. The molecule has 0 saturated carbocycles. The SMILES string of the molecule is COc1ccc(C(=O)OCC(=O)Nc2nc3c(C)cc(C)cc3s2)cc1. The van der Waals surface area contributed by atoms with Crippen LogP contribution in [0.5, 0.6) is 5.75 Å². The maximum Gasteiger partial charge on any atom is 0.338 e. The highest BCUT2D eigenvalue weighted by atomic mass is 32.1. The number of carbonyl (C=O) groups excluding carboxylic acids is 2. The number of ether oxygens (including phenoxy) is 2. The second-order valence-corrected chi connectivity index (χ2v) is 6.83. The monoisotopic (exact) mass is 370 g/mol. The highest BCUT2D eigenvalue weighted by molar-refractivity contribution is 7.22. The molecule has 7 heteroatoms. The normalized spacial score (nSPS) is 10.6. The smallest absolute Gasteiger partial charge is 0.338 e. The number of amides is 1. The molecule has 1 N–H and O–H groups in total. The summed E-state index contributed by atoms with van der Waals surface area (Å²) in [5.74, 6) is -0.362. The lowest BCUT2D eigenvalue weighted by Gasteiger charge is -2.05. The quantitative estimate of drug-likeness (QED) is 0.693. The van der Waals surface area contributed by atoms with E-state index in [1.54, 1.807) is 31.4 Å². The first-order valence-electron chi connectivity index (χ1n) is 7.95. The maximum atomic E-state index is 12.0. The molecule has 0 aliphatic rings. The summed E-state index contributed by atoms with van der Waals surface area (Å²) in [5, 5.41) is 3.16. The van der Waals surface area contributed by atoms with Crippen molar-refractivity contribution in [1.82, 2.24) is 4.98 Å². The molecule has 3 aromatic rings. The number of nitrogens with zero attached hydrogens (tertiary/aromatic N) is 1. The van der Waals surface area contributed by atoms with E-state index in [1.165, 1.54) is 11.3 Å². The molecule has 134 valence electrons. The van der Waals surface area contributed by atoms with Crippen LogP contribution in [0.4, 0.5) is 5.13 Å². The first kappa shape index (κ1) is 17.9. The third-order valence-electron chi connectivity index (χ3n) is 3.74. The summed E-state index contributed by atoms with van der Waals surface area (Å²) < 4.78 is 11.1. The second-order valence-electron chi connectivity index (χ2n) is 5.80. The molecule has 3 rings (SSSR count). The summed E-state index contributed by atoms with van der Waals surface area (Å²) in [6.45, 7) is 3.62. The minimum Gasteiger partial charge on any atom is -0.497 e. The Kier molecular flexibility index (Phi) is 5.18. The number of esters is 1. The summed E-state index contributed by atoms with van der Waals surface area (Å²) in [6.07, 6.45) is 0. The molecule has 0 aliphatic heterocycles. The fourth-order valence-corrected chi connectivity index (χ4v) is 3.58. The fourth-order valence-electron chi connectivity index (χ4n) is 2.52. The van der Waals surface area contributed by atoms with E-state index in [1.807, 2.05) is 26.0 Å². The van der Waals surface area contributed by atoms with Crippen LogP contribution < -0.4 is 10.1 Å². The van der Waals surface area contributed by atoms with E-state index in [0.29, 0.717) is 16.4 Å². The lowest BCUT2D eigenvalue weighted by Crippen LogP contribution is -2.20. The van der Waals surface area contributed by atoms with Crippen LogP contribution in [0.2, 0.25) is 0 Å². The fraction of sp³-hybridized carbons (Fsp3) is 0.211. The van der Waals surface area contributed by atoms with E-state index in [0.717, 1.165) is 21.3 Å². The van der Waals surface area contributed by atoms with Crippen molar-refractivity contribution in [3.63, 3.8) is 0 Å². The number of rotatable bonds is 5. The zero-order valence-electron chi connectivity index (χ0n) is 14.7. The maximum absolute atomic E-state index is 12.0. The second kappa shape index (κ2) is 7.53. The van der Waals surface area contributed by atoms with Gasteiger partial charge in [0.25, 0.3) is 5.91 Å². The molecule has 0 bridgehead atoms. The lowest BCUT2D eigenvalue weighted by molar-refractivity contribution is -0.119. The Labute approximate surface area is 154 Å². The topological polar surface area (TPSA) is 77.5 Å². The molecule has 0 saturated heterocycles. The number of hydrogen-bond donors (Lipinski definition) is 1. The number of thiazole rings is 1. The van der Waals surface area contributed by atoms with Crippen LogP contribution in [0.25, 0.3) is 10.2 Å². The van der Waals surface area contributed by atoms with Gasteiger partial charge in [-0.1, -0.05) is 17.4 Å². The third-order valence-corrected chi connectivity index (χ3v) is 4.65. The predicted molar refractivity (Wildman–Crippen MR) is 101 cm³/mol. The van der Waals surface area contributed by atoms with Gasteiger partial charge in [0.1, 0.15) is 5.75 Å². The van der Waals surface area contributed by atoms with E-state index < -0.39 is 11.9 Å². The lowest BCUT2D eigenvalue weighted by atomic mass is 10.1. The van der Waals surface area contributed by atoms with Crippen molar-refractivity contribution in [3.05, 3.63) is 53.1 Å². The van der Waals surface area contributed by atoms with Gasteiger partial charge in [0, 0.05) is 0 Å². The van der Waals surface area contributed by atoms with Gasteiger partial charge < -0.3 is 9.47 Å². The van der Waals surface area contributed by atoms with Crippen molar-refractivity contribution in [3.8, 4) is 5.75 Å². The average molecular weight is 370 g/mol. The van der Waals surface area contributed by atoms with Crippen LogP contribution in [-0.4, -0.2) is 30.6 Å². The Hall–Kier alpha value is -2.93. The van der Waals surface area contributed by atoms with Crippen molar-refractivity contribution in [2.24, 2.45) is 0 Å². The zero-order chi connectivity index (χ0) is 18.7. The van der Waals surface area contributed by atoms with E-state index in [4.69, 9.17) is 9.47 Å². The molecule has 0 aliphatic carbocycles. The average Bonchev–Trinajstić information content (AvgIpc) is 3.02. The molecule has 2 aromatic carbocycles. The number of benzene rings is 2. The highest BCUT2D eigenvalue weighted by Crippen LogP contribution is 2.29. The zero-order valence-corrected chi connectivity index (χ0v) is 15.5. The molecule has 0 spiro atoms. The molecule has 26 heavy (non-hydrogen) atoms. The number of aryl methyl sites for hydroxylation is 2. The number of anilines is 1. The van der Waals surface area contributed by atoms with Crippen LogP contribution in [0.15, 0.2) is 36.4 Å². The molecule has 0 unspecified atom stereocenters. The van der Waals surface area contributed by atoms with Gasteiger partial charge in [-0.15, -0.1) is 0 Å². The van der Waals surface area contributed by atoms with E-state index in [9.17, 15) is 9.59 Å². The van der Waals surface area contributed by atoms with Crippen LogP contribution in [0.3, 0.4) is 0 Å². The number of carbonyl (C=O) groups is 2. The molecule has 1 aromatic heterocycles. The number of nitrogens with one attached hydrogen (secondary N) is 1. The standard InChI is InChI=1S/C19H18N2O4S/c1-11-8-12(2)17-15(9-11)26-19(21-17)20-16(22)10-25-18(23)13-4-6-14(24-3)7-5-13/h4-9H,10H2,1-3H3,(H,20,21,22). The van der Waals surface area contributed by atoms with Crippen LogP contribution in [0.1, 0.15) is 21.5 Å². The van der Waals surface area contributed by atoms with Crippen LogP contribution >= 0.6 is 11.3 Å². The van der Waals surface area contributed by atoms with E-state index in [-0.39, 0.29) is 6.61 Å². The van der Waals surface area contributed by atoms with Crippen LogP contribution in [-0.2, 0) is 9.53 Å². The van der Waals surface area contributed by atoms with Crippen molar-refractivity contribution in [2.75, 3.05) is 19.0 Å². The Morgan fingerprint density at radius 2 is 1.88 bits per heavy atom. The molecular weight excluding hydrogens is 352 g/mol. The Balaban J connectivity index is 1.60. The Bertz CT molecular complexity index is 964. The van der Waals surface area contributed by atoms with Crippen molar-refractivity contribution in [1.29, 1.82) is 0 Å². The first-order valence-corrected chi connectivity index (χ1v) is 8.76. The summed E-state index contributed by atoms with van der Waals surface area (Å²) in [7, 11) is 1.54. The van der Waals surface area contributed by atoms with Crippen molar-refractivity contribution < 1.29 is 19.1 Å². The molecule has 1 amide bonds. The molecule has 6 nitrogen and oxygen atoms in total. The minimum absolute atomic E-state index is 0.352. The summed E-state index contributed by atoms with van der Waals surface area (Å²) >= 11 is 1.39. The van der Waals surface area contributed by atoms with Gasteiger partial charge in [-0.25, -0.2) is 9.78 Å². The Morgan fingerprint density at radius 1 is 1.15 bits per heavy atom. The molecule has 0 radical (unpaired) electrons. The number of aromatic nitrogens is 1. The van der Waals surface area contributed by atoms with Gasteiger partial charge in [-0.3, -0.25) is 10.1 Å². The molecular formula is C19H18N2O4S. The highest BCUT2D eigenvalue weighted by Gasteiger charge is 2.13. The minimum atomic E-state index is -0.571. The van der Waals surface area contributed by atoms with E-state index >= 15 is 0 Å². The predicted octanol–water partition coefficient (Wildman–Crippen LogP) is 3.72. The molecule has 1 heterocycles. The van der Waals surface area contributed by atoms with Gasteiger partial charge in [0.2, 0.25) is 0 Å². The molecule has 0 atom stereocenters. The van der Waals surface area contributed by atoms with E-state index in [2.05, 4.69) is 10.3 Å². The van der Waals surface area contributed by atoms with Crippen molar-refractivity contribution in [2.45, 2.75) is 13.8 Å².